The maximum Gasteiger partial charge on any atom is 0.418 e. The van der Waals surface area contributed by atoms with Crippen molar-refractivity contribution in [2.24, 2.45) is 0 Å². The first-order valence-corrected chi connectivity index (χ1v) is 10.3. The molecule has 0 N–H and O–H groups in total. The smallest absolute Gasteiger partial charge is 0.418 e. The summed E-state index contributed by atoms with van der Waals surface area (Å²) in [4.78, 5) is 26.6. The van der Waals surface area contributed by atoms with E-state index in [1.165, 1.54) is 16.5 Å². The molecule has 158 valence electrons. The molecule has 0 bridgehead atoms. The van der Waals surface area contributed by atoms with Gasteiger partial charge in [0.1, 0.15) is 17.4 Å². The first-order valence-electron chi connectivity index (χ1n) is 10.3. The Balaban J connectivity index is 1.72. The number of ether oxygens (including phenoxy) is 2. The lowest BCUT2D eigenvalue weighted by Crippen LogP contribution is -2.44. The van der Waals surface area contributed by atoms with Crippen LogP contribution in [0, 0.1) is 0 Å². The molecule has 5 heteroatoms. The summed E-state index contributed by atoms with van der Waals surface area (Å²) in [6, 6.07) is 9.24. The minimum atomic E-state index is -0.690. The van der Waals surface area contributed by atoms with E-state index in [4.69, 9.17) is 9.47 Å². The highest BCUT2D eigenvalue weighted by Crippen LogP contribution is 2.27. The van der Waals surface area contributed by atoms with Crippen molar-refractivity contribution in [3.63, 3.8) is 0 Å². The Morgan fingerprint density at radius 3 is 2.67 bits per heavy atom. The van der Waals surface area contributed by atoms with Gasteiger partial charge < -0.3 is 9.47 Å². The highest BCUT2D eigenvalue weighted by atomic mass is 16.6. The van der Waals surface area contributed by atoms with Crippen LogP contribution in [0.25, 0.3) is 0 Å². The van der Waals surface area contributed by atoms with E-state index in [1.807, 2.05) is 42.5 Å². The Morgan fingerprint density at radius 2 is 1.93 bits per heavy atom. The average molecular weight is 408 g/mol. The van der Waals surface area contributed by atoms with E-state index < -0.39 is 23.6 Å². The van der Waals surface area contributed by atoms with Crippen LogP contribution in [0.5, 0.6) is 0 Å². The number of benzene rings is 1. The van der Waals surface area contributed by atoms with E-state index in [0.717, 1.165) is 18.4 Å². The number of hydrogen-bond acceptors (Lipinski definition) is 4. The number of imide groups is 1. The van der Waals surface area contributed by atoms with Crippen molar-refractivity contribution in [3.8, 4) is 0 Å². The highest BCUT2D eigenvalue weighted by Gasteiger charge is 2.40. The summed E-state index contributed by atoms with van der Waals surface area (Å²) in [6.07, 6.45) is 13.2. The van der Waals surface area contributed by atoms with E-state index in [-0.39, 0.29) is 0 Å². The zero-order chi connectivity index (χ0) is 21.6. The molecule has 3 rings (SSSR count). The van der Waals surface area contributed by atoms with Gasteiger partial charge in [0.25, 0.3) is 5.91 Å². The van der Waals surface area contributed by atoms with Gasteiger partial charge >= 0.3 is 6.09 Å². The van der Waals surface area contributed by atoms with Crippen LogP contribution in [0.2, 0.25) is 0 Å². The third kappa shape index (κ3) is 5.96. The predicted octanol–water partition coefficient (Wildman–Crippen LogP) is 5.11. The zero-order valence-electron chi connectivity index (χ0n) is 17.8. The SMILES string of the molecule is CC(C)(C)OC(=O)N1C(=O)C=C(OCCC2=CCC=CC=C2)[C@@H]1Cc1ccccc1. The van der Waals surface area contributed by atoms with Gasteiger partial charge in [-0.2, -0.15) is 0 Å². The van der Waals surface area contributed by atoms with Crippen LogP contribution in [0.3, 0.4) is 0 Å². The van der Waals surface area contributed by atoms with Crippen molar-refractivity contribution in [2.45, 2.75) is 51.7 Å². The maximum atomic E-state index is 12.7. The van der Waals surface area contributed by atoms with E-state index in [9.17, 15) is 9.59 Å². The van der Waals surface area contributed by atoms with Crippen molar-refractivity contribution in [2.75, 3.05) is 6.61 Å². The van der Waals surface area contributed by atoms with Crippen molar-refractivity contribution in [1.29, 1.82) is 0 Å². The van der Waals surface area contributed by atoms with Gasteiger partial charge in [-0.3, -0.25) is 4.79 Å². The van der Waals surface area contributed by atoms with Gasteiger partial charge in [0, 0.05) is 18.9 Å². The van der Waals surface area contributed by atoms with E-state index in [1.54, 1.807) is 20.8 Å². The van der Waals surface area contributed by atoms with Gasteiger partial charge in [0.15, 0.2) is 0 Å². The zero-order valence-corrected chi connectivity index (χ0v) is 17.8. The van der Waals surface area contributed by atoms with Crippen LogP contribution in [0.4, 0.5) is 4.79 Å². The molecule has 0 aromatic heterocycles. The number of carbonyl (C=O) groups excluding carboxylic acids is 2. The van der Waals surface area contributed by atoms with Gasteiger partial charge in [-0.15, -0.1) is 0 Å². The third-order valence-electron chi connectivity index (χ3n) is 4.74. The van der Waals surface area contributed by atoms with Crippen LogP contribution in [-0.4, -0.2) is 35.2 Å². The second-order valence-corrected chi connectivity index (χ2v) is 8.34. The first kappa shape index (κ1) is 21.6. The number of allylic oxidation sites excluding steroid dienone is 5. The minimum Gasteiger partial charge on any atom is -0.495 e. The van der Waals surface area contributed by atoms with Gasteiger partial charge in [0.05, 0.1) is 6.61 Å². The molecule has 0 spiro atoms. The van der Waals surface area contributed by atoms with Crippen LogP contribution in [-0.2, 0) is 20.7 Å². The fourth-order valence-corrected chi connectivity index (χ4v) is 3.36. The maximum absolute atomic E-state index is 12.7. The summed E-state index contributed by atoms with van der Waals surface area (Å²) in [7, 11) is 0. The minimum absolute atomic E-state index is 0.405. The lowest BCUT2D eigenvalue weighted by molar-refractivity contribution is -0.125. The van der Waals surface area contributed by atoms with Crippen LogP contribution in [0.1, 0.15) is 39.2 Å². The molecule has 1 atom stereocenters. The Hall–Kier alpha value is -3.08. The summed E-state index contributed by atoms with van der Waals surface area (Å²) >= 11 is 0. The normalized spacial score (nSPS) is 18.7. The molecule has 0 saturated carbocycles. The topological polar surface area (TPSA) is 55.8 Å². The monoisotopic (exact) mass is 407 g/mol. The number of nitrogens with zero attached hydrogens (tertiary/aromatic N) is 1. The molecule has 0 unspecified atom stereocenters. The Morgan fingerprint density at radius 1 is 1.17 bits per heavy atom. The molecule has 1 aromatic carbocycles. The summed E-state index contributed by atoms with van der Waals surface area (Å²) < 4.78 is 11.5. The molecule has 30 heavy (non-hydrogen) atoms. The molecule has 0 fully saturated rings. The van der Waals surface area contributed by atoms with Crippen molar-refractivity contribution < 1.29 is 19.1 Å². The standard InChI is InChI=1S/C25H29NO4/c1-25(2,3)30-24(28)26-21(17-20-13-9-6-10-14-20)22(18-23(26)27)29-16-15-19-11-7-4-5-8-12-19/h4-7,9-14,18,21H,8,15-17H2,1-3H3/t21-/m0/s1. The summed E-state index contributed by atoms with van der Waals surface area (Å²) in [5.74, 6) is 0.101. The molecule has 2 aliphatic rings. The number of rotatable bonds is 6. The van der Waals surface area contributed by atoms with E-state index in [2.05, 4.69) is 18.2 Å². The first-order chi connectivity index (χ1) is 14.3. The quantitative estimate of drug-likeness (QED) is 0.658. The van der Waals surface area contributed by atoms with Crippen molar-refractivity contribution >= 4 is 12.0 Å². The summed E-state index contributed by atoms with van der Waals surface area (Å²) in [6.45, 7) is 5.78. The Kier molecular flexibility index (Phi) is 6.93. The Bertz CT molecular complexity index is 887. The van der Waals surface area contributed by atoms with Crippen molar-refractivity contribution in [3.05, 3.63) is 83.7 Å². The number of amides is 2. The van der Waals surface area contributed by atoms with Crippen LogP contribution >= 0.6 is 0 Å². The second kappa shape index (κ2) is 9.61. The summed E-state index contributed by atoms with van der Waals surface area (Å²) in [5.41, 5.74) is 1.51. The lowest BCUT2D eigenvalue weighted by Gasteiger charge is -2.28. The summed E-state index contributed by atoms with van der Waals surface area (Å²) in [5, 5.41) is 0. The molecule has 0 saturated heterocycles. The van der Waals surface area contributed by atoms with Gasteiger partial charge in [-0.05, 0) is 38.3 Å². The van der Waals surface area contributed by atoms with Gasteiger partial charge in [-0.1, -0.05) is 60.7 Å². The van der Waals surface area contributed by atoms with E-state index >= 15 is 0 Å². The molecule has 0 radical (unpaired) electrons. The molecule has 1 aromatic rings. The fraction of sp³-hybridized carbons (Fsp3) is 0.360. The predicted molar refractivity (Wildman–Crippen MR) is 117 cm³/mol. The van der Waals surface area contributed by atoms with Gasteiger partial charge in [0.2, 0.25) is 0 Å². The van der Waals surface area contributed by atoms with Crippen LogP contribution in [0.15, 0.2) is 78.1 Å². The average Bonchev–Trinajstić information content (AvgIpc) is 2.84. The molecule has 1 aliphatic heterocycles. The molecular formula is C25H29NO4. The molecule has 1 heterocycles. The second-order valence-electron chi connectivity index (χ2n) is 8.34. The molecule has 2 amide bonds. The lowest BCUT2D eigenvalue weighted by atomic mass is 10.0. The molecule has 1 aliphatic carbocycles. The molecular weight excluding hydrogens is 378 g/mol. The van der Waals surface area contributed by atoms with Crippen LogP contribution < -0.4 is 0 Å². The van der Waals surface area contributed by atoms with E-state index in [0.29, 0.717) is 18.8 Å². The molecule has 5 nitrogen and oxygen atoms in total. The van der Waals surface area contributed by atoms with Gasteiger partial charge in [-0.25, -0.2) is 9.69 Å². The fourth-order valence-electron chi connectivity index (χ4n) is 3.36. The Labute approximate surface area is 178 Å². The number of hydrogen-bond donors (Lipinski definition) is 0. The third-order valence-corrected chi connectivity index (χ3v) is 4.74. The highest BCUT2D eigenvalue weighted by molar-refractivity contribution is 6.02. The largest absolute Gasteiger partial charge is 0.495 e. The van der Waals surface area contributed by atoms with Crippen molar-refractivity contribution in [1.82, 2.24) is 4.90 Å². The number of carbonyl (C=O) groups is 2.